The summed E-state index contributed by atoms with van der Waals surface area (Å²) in [6.45, 7) is 3.63. The Morgan fingerprint density at radius 1 is 1.38 bits per heavy atom. The highest BCUT2D eigenvalue weighted by atomic mass is 16.5. The van der Waals surface area contributed by atoms with E-state index in [1.165, 1.54) is 0 Å². The molecule has 4 rings (SSSR count). The number of morpholine rings is 1. The zero-order valence-electron chi connectivity index (χ0n) is 14.7. The summed E-state index contributed by atoms with van der Waals surface area (Å²) in [5, 5.41) is 0. The van der Waals surface area contributed by atoms with Crippen molar-refractivity contribution in [2.24, 2.45) is 0 Å². The first kappa shape index (κ1) is 16.7. The Morgan fingerprint density at radius 2 is 2.31 bits per heavy atom. The molecule has 1 N–H and O–H groups in total. The molecule has 1 amide bonds. The smallest absolute Gasteiger partial charge is 0.254 e. The molecule has 0 spiro atoms. The third kappa shape index (κ3) is 3.43. The molecule has 7 nitrogen and oxygen atoms in total. The normalized spacial score (nSPS) is 17.6. The quantitative estimate of drug-likeness (QED) is 0.778. The number of aromatic amines is 1. The van der Waals surface area contributed by atoms with Crippen LogP contribution in [0.25, 0.3) is 11.0 Å². The Morgan fingerprint density at radius 3 is 3.15 bits per heavy atom. The zero-order valence-corrected chi connectivity index (χ0v) is 14.7. The third-order valence-corrected chi connectivity index (χ3v) is 4.69. The summed E-state index contributed by atoms with van der Waals surface area (Å²) in [6.07, 6.45) is 6.69. The van der Waals surface area contributed by atoms with E-state index in [4.69, 9.17) is 4.74 Å². The van der Waals surface area contributed by atoms with E-state index in [2.05, 4.69) is 19.9 Å². The Kier molecular flexibility index (Phi) is 4.62. The van der Waals surface area contributed by atoms with Crippen molar-refractivity contribution < 1.29 is 9.53 Å². The van der Waals surface area contributed by atoms with Gasteiger partial charge in [-0.2, -0.15) is 0 Å². The van der Waals surface area contributed by atoms with Crippen LogP contribution in [-0.4, -0.2) is 56.5 Å². The average Bonchev–Trinajstić information content (AvgIpc) is 3.06. The van der Waals surface area contributed by atoms with E-state index in [0.717, 1.165) is 35.4 Å². The Balaban J connectivity index is 1.51. The molecule has 26 heavy (non-hydrogen) atoms. The van der Waals surface area contributed by atoms with Crippen molar-refractivity contribution in [1.29, 1.82) is 0 Å². The highest BCUT2D eigenvalue weighted by molar-refractivity contribution is 5.97. The van der Waals surface area contributed by atoms with Crippen LogP contribution >= 0.6 is 0 Å². The van der Waals surface area contributed by atoms with E-state index in [-0.39, 0.29) is 11.9 Å². The van der Waals surface area contributed by atoms with Crippen molar-refractivity contribution in [2.75, 3.05) is 19.8 Å². The lowest BCUT2D eigenvalue weighted by Gasteiger charge is -2.35. The number of imidazole rings is 1. The standard InChI is InChI=1S/C19H21N5O2/c1-13-22-17-5-2-14(10-18(17)23-13)19(25)24-8-9-26-12-16(24)4-3-15-11-20-6-7-21-15/h2,5-7,10-11,16H,3-4,8-9,12H2,1H3,(H,22,23)/t16-/m1/s1. The lowest BCUT2D eigenvalue weighted by atomic mass is 10.1. The van der Waals surface area contributed by atoms with Gasteiger partial charge in [0.1, 0.15) is 5.82 Å². The van der Waals surface area contributed by atoms with Gasteiger partial charge in [-0.15, -0.1) is 0 Å². The molecule has 0 saturated carbocycles. The Bertz CT molecular complexity index is 909. The van der Waals surface area contributed by atoms with Crippen LogP contribution in [0.3, 0.4) is 0 Å². The van der Waals surface area contributed by atoms with Crippen molar-refractivity contribution in [3.05, 3.63) is 53.9 Å². The third-order valence-electron chi connectivity index (χ3n) is 4.69. The molecule has 1 atom stereocenters. The van der Waals surface area contributed by atoms with Crippen LogP contribution in [0.15, 0.2) is 36.8 Å². The number of fused-ring (bicyclic) bond motifs is 1. The summed E-state index contributed by atoms with van der Waals surface area (Å²) in [4.78, 5) is 31.0. The van der Waals surface area contributed by atoms with Gasteiger partial charge in [0.2, 0.25) is 0 Å². The minimum absolute atomic E-state index is 0.0339. The molecule has 1 fully saturated rings. The van der Waals surface area contributed by atoms with Crippen LogP contribution in [-0.2, 0) is 11.2 Å². The number of nitrogens with zero attached hydrogens (tertiary/aromatic N) is 4. The van der Waals surface area contributed by atoms with Gasteiger partial charge < -0.3 is 14.6 Å². The number of carbonyl (C=O) groups excluding carboxylic acids is 1. The number of aromatic nitrogens is 4. The number of hydrogen-bond acceptors (Lipinski definition) is 5. The molecule has 1 aromatic carbocycles. The van der Waals surface area contributed by atoms with Crippen molar-refractivity contribution in [2.45, 2.75) is 25.8 Å². The number of ether oxygens (including phenoxy) is 1. The molecule has 1 aliphatic heterocycles. The molecule has 7 heteroatoms. The Hall–Kier alpha value is -2.80. The number of carbonyl (C=O) groups is 1. The molecule has 134 valence electrons. The first-order valence-electron chi connectivity index (χ1n) is 8.81. The van der Waals surface area contributed by atoms with Crippen LogP contribution < -0.4 is 0 Å². The maximum Gasteiger partial charge on any atom is 0.254 e. The van der Waals surface area contributed by atoms with Gasteiger partial charge in [0.25, 0.3) is 5.91 Å². The fraction of sp³-hybridized carbons (Fsp3) is 0.368. The monoisotopic (exact) mass is 351 g/mol. The molecule has 1 aliphatic rings. The van der Waals surface area contributed by atoms with E-state index in [1.807, 2.05) is 30.0 Å². The molecule has 2 aromatic heterocycles. The van der Waals surface area contributed by atoms with E-state index in [0.29, 0.717) is 25.3 Å². The first-order valence-corrected chi connectivity index (χ1v) is 8.81. The topological polar surface area (TPSA) is 84.0 Å². The number of hydrogen-bond donors (Lipinski definition) is 1. The van der Waals surface area contributed by atoms with Crippen molar-refractivity contribution in [3.63, 3.8) is 0 Å². The first-order chi connectivity index (χ1) is 12.7. The van der Waals surface area contributed by atoms with Crippen molar-refractivity contribution in [1.82, 2.24) is 24.8 Å². The van der Waals surface area contributed by atoms with Crippen LogP contribution in [0.2, 0.25) is 0 Å². The predicted octanol–water partition coefficient (Wildman–Crippen LogP) is 2.14. The maximum atomic E-state index is 13.1. The number of rotatable bonds is 4. The van der Waals surface area contributed by atoms with Crippen LogP contribution in [0.5, 0.6) is 0 Å². The highest BCUT2D eigenvalue weighted by Gasteiger charge is 2.28. The number of aryl methyl sites for hydroxylation is 2. The van der Waals surface area contributed by atoms with Gasteiger partial charge in [-0.3, -0.25) is 14.8 Å². The summed E-state index contributed by atoms with van der Waals surface area (Å²) in [5.41, 5.74) is 3.37. The number of H-pyrrole nitrogens is 1. The zero-order chi connectivity index (χ0) is 17.9. The summed E-state index contributed by atoms with van der Waals surface area (Å²) >= 11 is 0. The second-order valence-electron chi connectivity index (χ2n) is 6.52. The van der Waals surface area contributed by atoms with E-state index < -0.39 is 0 Å². The molecule has 0 radical (unpaired) electrons. The molecular formula is C19H21N5O2. The Labute approximate surface area is 151 Å². The SMILES string of the molecule is Cc1nc2ccc(C(=O)N3CCOC[C@H]3CCc3cnccn3)cc2[nH]1. The average molecular weight is 351 g/mol. The largest absolute Gasteiger partial charge is 0.377 e. The van der Waals surface area contributed by atoms with Gasteiger partial charge in [-0.25, -0.2) is 4.98 Å². The van der Waals surface area contributed by atoms with Crippen molar-refractivity contribution in [3.8, 4) is 0 Å². The van der Waals surface area contributed by atoms with E-state index in [1.54, 1.807) is 18.6 Å². The predicted molar refractivity (Wildman–Crippen MR) is 96.8 cm³/mol. The molecule has 0 aliphatic carbocycles. The van der Waals surface area contributed by atoms with Gasteiger partial charge in [0.15, 0.2) is 0 Å². The molecule has 3 aromatic rings. The lowest BCUT2D eigenvalue weighted by Crippen LogP contribution is -2.48. The van der Waals surface area contributed by atoms with E-state index >= 15 is 0 Å². The summed E-state index contributed by atoms with van der Waals surface area (Å²) in [7, 11) is 0. The number of nitrogens with one attached hydrogen (secondary N) is 1. The fourth-order valence-corrected chi connectivity index (χ4v) is 3.37. The van der Waals surface area contributed by atoms with Gasteiger partial charge in [0, 0.05) is 30.7 Å². The second kappa shape index (κ2) is 7.21. The number of amides is 1. The molecule has 0 unspecified atom stereocenters. The highest BCUT2D eigenvalue weighted by Crippen LogP contribution is 2.19. The van der Waals surface area contributed by atoms with Gasteiger partial charge in [0.05, 0.1) is 36.0 Å². The lowest BCUT2D eigenvalue weighted by molar-refractivity contribution is -0.00412. The summed E-state index contributed by atoms with van der Waals surface area (Å²) < 4.78 is 5.61. The minimum atomic E-state index is 0.0339. The van der Waals surface area contributed by atoms with Gasteiger partial charge >= 0.3 is 0 Å². The van der Waals surface area contributed by atoms with Gasteiger partial charge in [-0.1, -0.05) is 0 Å². The second-order valence-corrected chi connectivity index (χ2v) is 6.52. The van der Waals surface area contributed by atoms with Crippen molar-refractivity contribution >= 4 is 16.9 Å². The molecule has 1 saturated heterocycles. The van der Waals surface area contributed by atoms with Gasteiger partial charge in [-0.05, 0) is 38.0 Å². The maximum absolute atomic E-state index is 13.1. The van der Waals surface area contributed by atoms with Crippen LogP contribution in [0.1, 0.15) is 28.3 Å². The molecule has 0 bridgehead atoms. The van der Waals surface area contributed by atoms with E-state index in [9.17, 15) is 4.79 Å². The summed E-state index contributed by atoms with van der Waals surface area (Å²) in [5.74, 6) is 0.879. The number of benzene rings is 1. The summed E-state index contributed by atoms with van der Waals surface area (Å²) in [6, 6.07) is 5.66. The molecule has 3 heterocycles. The minimum Gasteiger partial charge on any atom is -0.377 e. The fourth-order valence-electron chi connectivity index (χ4n) is 3.37. The van der Waals surface area contributed by atoms with Crippen LogP contribution in [0.4, 0.5) is 0 Å². The van der Waals surface area contributed by atoms with Crippen LogP contribution in [0, 0.1) is 6.92 Å². The molecular weight excluding hydrogens is 330 g/mol.